The number of hydrogen-bond donors (Lipinski definition) is 1. The number of para-hydroxylation sites is 1. The lowest BCUT2D eigenvalue weighted by molar-refractivity contribution is 0.568. The van der Waals surface area contributed by atoms with Crippen molar-refractivity contribution < 1.29 is 4.39 Å². The molecule has 1 aliphatic rings. The number of benzene rings is 1. The maximum absolute atomic E-state index is 12.9. The molecular weight excluding hydrogens is 267 g/mol. The standard InChI is InChI=1S/C10H10ClFN2S2/c11-9-8(6-15-10(12)16-9)14-13-7-4-2-1-3-5-7/h1-5,9-10,13H,6H2. The van der Waals surface area contributed by atoms with Crippen LogP contribution in [0.5, 0.6) is 0 Å². The van der Waals surface area contributed by atoms with Crippen LogP contribution in [0.4, 0.5) is 10.1 Å². The van der Waals surface area contributed by atoms with Crippen LogP contribution in [0.25, 0.3) is 0 Å². The highest BCUT2D eigenvalue weighted by Gasteiger charge is 2.26. The van der Waals surface area contributed by atoms with Crippen LogP contribution >= 0.6 is 35.1 Å². The molecule has 1 fully saturated rings. The van der Waals surface area contributed by atoms with Gasteiger partial charge >= 0.3 is 0 Å². The largest absolute Gasteiger partial charge is 0.278 e. The van der Waals surface area contributed by atoms with Crippen molar-refractivity contribution in [3.05, 3.63) is 30.3 Å². The SMILES string of the molecule is FC1SCC(=NNc2ccccc2)C(Cl)S1. The molecule has 2 atom stereocenters. The first-order chi connectivity index (χ1) is 7.75. The Morgan fingerprint density at radius 3 is 2.81 bits per heavy atom. The van der Waals surface area contributed by atoms with E-state index in [4.69, 9.17) is 11.6 Å². The average Bonchev–Trinajstić information content (AvgIpc) is 2.29. The highest BCUT2D eigenvalue weighted by molar-refractivity contribution is 8.19. The van der Waals surface area contributed by atoms with Crippen LogP contribution in [0.3, 0.4) is 0 Å². The van der Waals surface area contributed by atoms with Crippen LogP contribution in [0.15, 0.2) is 35.4 Å². The zero-order valence-electron chi connectivity index (χ0n) is 8.27. The number of alkyl halides is 2. The highest BCUT2D eigenvalue weighted by Crippen LogP contribution is 2.37. The molecule has 1 aromatic rings. The molecule has 0 radical (unpaired) electrons. The molecular formula is C10H10ClFN2S2. The second-order valence-electron chi connectivity index (χ2n) is 3.12. The topological polar surface area (TPSA) is 24.4 Å². The molecule has 0 spiro atoms. The minimum absolute atomic E-state index is 0.382. The summed E-state index contributed by atoms with van der Waals surface area (Å²) in [6.45, 7) is 0. The van der Waals surface area contributed by atoms with Gasteiger partial charge < -0.3 is 0 Å². The lowest BCUT2D eigenvalue weighted by atomic mass is 10.3. The van der Waals surface area contributed by atoms with Crippen LogP contribution in [-0.2, 0) is 0 Å². The second-order valence-corrected chi connectivity index (χ2v) is 6.31. The summed E-state index contributed by atoms with van der Waals surface area (Å²) in [5.74, 6) is 0.530. The van der Waals surface area contributed by atoms with Gasteiger partial charge in [-0.25, -0.2) is 4.39 Å². The number of thioether (sulfide) groups is 2. The van der Waals surface area contributed by atoms with E-state index in [1.165, 1.54) is 11.8 Å². The van der Waals surface area contributed by atoms with E-state index in [2.05, 4.69) is 10.5 Å². The van der Waals surface area contributed by atoms with E-state index in [1.807, 2.05) is 30.3 Å². The molecule has 2 unspecified atom stereocenters. The first kappa shape index (κ1) is 12.1. The Bertz CT molecular complexity index is 374. The fraction of sp³-hybridized carbons (Fsp3) is 0.300. The summed E-state index contributed by atoms with van der Waals surface area (Å²) in [4.78, 5) is -0.946. The van der Waals surface area contributed by atoms with Crippen molar-refractivity contribution in [3.8, 4) is 0 Å². The molecule has 6 heteroatoms. The molecule has 0 saturated carbocycles. The number of anilines is 1. The van der Waals surface area contributed by atoms with Gasteiger partial charge in [-0.15, -0.1) is 23.4 Å². The van der Waals surface area contributed by atoms with Gasteiger partial charge in [0.25, 0.3) is 0 Å². The van der Waals surface area contributed by atoms with Crippen LogP contribution in [-0.4, -0.2) is 21.0 Å². The van der Waals surface area contributed by atoms with Gasteiger partial charge in [0.1, 0.15) is 4.71 Å². The third-order valence-electron chi connectivity index (χ3n) is 1.95. The fourth-order valence-electron chi connectivity index (χ4n) is 1.16. The average molecular weight is 277 g/mol. The highest BCUT2D eigenvalue weighted by atomic mass is 35.5. The maximum Gasteiger partial charge on any atom is 0.194 e. The van der Waals surface area contributed by atoms with Crippen molar-refractivity contribution in [1.82, 2.24) is 0 Å². The fourth-order valence-corrected chi connectivity index (χ4v) is 3.80. The van der Waals surface area contributed by atoms with E-state index in [1.54, 1.807) is 0 Å². The Balaban J connectivity index is 1.97. The quantitative estimate of drug-likeness (QED) is 0.658. The summed E-state index contributed by atoms with van der Waals surface area (Å²) in [6, 6.07) is 9.59. The van der Waals surface area contributed by atoms with E-state index < -0.39 is 4.84 Å². The number of nitrogens with zero attached hydrogens (tertiary/aromatic N) is 1. The molecule has 1 N–H and O–H groups in total. The summed E-state index contributed by atoms with van der Waals surface area (Å²) < 4.78 is 12.6. The molecule has 0 aromatic heterocycles. The van der Waals surface area contributed by atoms with Crippen LogP contribution in [0.2, 0.25) is 0 Å². The third-order valence-corrected chi connectivity index (χ3v) is 4.70. The molecule has 1 heterocycles. The summed E-state index contributed by atoms with van der Waals surface area (Å²) in [5, 5.41) is 4.20. The molecule has 0 aliphatic carbocycles. The number of rotatable bonds is 2. The van der Waals surface area contributed by atoms with Crippen molar-refractivity contribution in [1.29, 1.82) is 0 Å². The Morgan fingerprint density at radius 1 is 1.38 bits per heavy atom. The van der Waals surface area contributed by atoms with Gasteiger partial charge in [0.15, 0.2) is 4.84 Å². The minimum Gasteiger partial charge on any atom is -0.278 e. The van der Waals surface area contributed by atoms with Crippen molar-refractivity contribution >= 4 is 46.5 Å². The lowest BCUT2D eigenvalue weighted by Crippen LogP contribution is -2.22. The molecule has 0 bridgehead atoms. The van der Waals surface area contributed by atoms with E-state index in [9.17, 15) is 4.39 Å². The predicted molar refractivity (Wildman–Crippen MR) is 72.1 cm³/mol. The van der Waals surface area contributed by atoms with Gasteiger partial charge in [-0.1, -0.05) is 30.0 Å². The number of nitrogens with one attached hydrogen (secondary N) is 1. The predicted octanol–water partition coefficient (Wildman–Crippen LogP) is 3.75. The molecule has 1 aliphatic heterocycles. The van der Waals surface area contributed by atoms with Crippen molar-refractivity contribution in [2.75, 3.05) is 11.2 Å². The van der Waals surface area contributed by atoms with Crippen molar-refractivity contribution in [3.63, 3.8) is 0 Å². The van der Waals surface area contributed by atoms with Gasteiger partial charge in [-0.05, 0) is 12.1 Å². The normalized spacial score (nSPS) is 28.0. The van der Waals surface area contributed by atoms with Gasteiger partial charge in [0.2, 0.25) is 0 Å². The molecule has 86 valence electrons. The van der Waals surface area contributed by atoms with Gasteiger partial charge in [-0.3, -0.25) is 5.43 Å². The molecule has 2 rings (SSSR count). The Morgan fingerprint density at radius 2 is 2.12 bits per heavy atom. The smallest absolute Gasteiger partial charge is 0.194 e. The van der Waals surface area contributed by atoms with E-state index in [0.717, 1.165) is 23.2 Å². The van der Waals surface area contributed by atoms with Crippen LogP contribution in [0, 0.1) is 0 Å². The van der Waals surface area contributed by atoms with Crippen molar-refractivity contribution in [2.45, 2.75) is 9.54 Å². The lowest BCUT2D eigenvalue weighted by Gasteiger charge is -2.20. The molecule has 1 saturated heterocycles. The van der Waals surface area contributed by atoms with Gasteiger partial charge in [0, 0.05) is 5.75 Å². The maximum atomic E-state index is 12.9. The summed E-state index contributed by atoms with van der Waals surface area (Å²) in [5.41, 5.74) is 4.59. The molecule has 16 heavy (non-hydrogen) atoms. The zero-order valence-corrected chi connectivity index (χ0v) is 10.7. The first-order valence-corrected chi connectivity index (χ1v) is 7.11. The zero-order chi connectivity index (χ0) is 11.4. The monoisotopic (exact) mass is 276 g/mol. The van der Waals surface area contributed by atoms with Gasteiger partial charge in [-0.2, -0.15) is 5.10 Å². The van der Waals surface area contributed by atoms with Crippen molar-refractivity contribution in [2.24, 2.45) is 5.10 Å². The summed E-state index contributed by atoms with van der Waals surface area (Å²) in [7, 11) is 0. The first-order valence-electron chi connectivity index (χ1n) is 4.68. The number of hydrogen-bond acceptors (Lipinski definition) is 4. The molecule has 1 aromatic carbocycles. The number of halogens is 2. The summed E-state index contributed by atoms with van der Waals surface area (Å²) >= 11 is 8.26. The molecule has 2 nitrogen and oxygen atoms in total. The van der Waals surface area contributed by atoms with Crippen LogP contribution in [0.1, 0.15) is 0 Å². The van der Waals surface area contributed by atoms with E-state index in [-0.39, 0.29) is 4.71 Å². The summed E-state index contributed by atoms with van der Waals surface area (Å²) in [6.07, 6.45) is 0. The number of hydrazone groups is 1. The second kappa shape index (κ2) is 5.80. The Hall–Kier alpha value is -0.390. The van der Waals surface area contributed by atoms with Gasteiger partial charge in [0.05, 0.1) is 11.4 Å². The minimum atomic E-state index is -0.946. The van der Waals surface area contributed by atoms with E-state index in [0.29, 0.717) is 5.75 Å². The molecule has 0 amide bonds. The Labute approximate surface area is 107 Å². The Kier molecular flexibility index (Phi) is 4.37. The van der Waals surface area contributed by atoms with E-state index >= 15 is 0 Å². The van der Waals surface area contributed by atoms with Crippen LogP contribution < -0.4 is 5.43 Å². The third kappa shape index (κ3) is 3.30.